The third-order valence-electron chi connectivity index (χ3n) is 3.34. The van der Waals surface area contributed by atoms with Crippen molar-refractivity contribution in [2.75, 3.05) is 0 Å². The summed E-state index contributed by atoms with van der Waals surface area (Å²) < 4.78 is 0. The van der Waals surface area contributed by atoms with Crippen LogP contribution in [-0.2, 0) is 0 Å². The van der Waals surface area contributed by atoms with Crippen LogP contribution in [0.25, 0.3) is 10.9 Å². The summed E-state index contributed by atoms with van der Waals surface area (Å²) in [6.07, 6.45) is 0. The largest absolute Gasteiger partial charge is 0.113 e. The van der Waals surface area contributed by atoms with Crippen LogP contribution < -0.4 is 27.3 Å². The molecule has 0 aliphatic carbocycles. The molecule has 0 aliphatic heterocycles. The first-order chi connectivity index (χ1) is 9.86. The Balaban J connectivity index is 2.73. The molecule has 2 rings (SSSR count). The monoisotopic (exact) mass is 250 g/mol. The molecule has 82 valence electrons. The molecule has 14 radical (unpaired) electrons. The maximum Gasteiger partial charge on any atom is 0.113 e. The number of hydrogen-bond acceptors (Lipinski definition) is 0. The van der Waals surface area contributed by atoms with Gasteiger partial charge in [0.1, 0.15) is 54.9 Å². The molecule has 0 spiro atoms. The van der Waals surface area contributed by atoms with Gasteiger partial charge < -0.3 is 0 Å². The molecule has 0 N–H and O–H groups in total. The van der Waals surface area contributed by atoms with Gasteiger partial charge in [0.25, 0.3) is 0 Å². The minimum atomic E-state index is 0.139. The predicted molar refractivity (Wildman–Crippen MR) is 98.1 cm³/mol. The molecule has 0 saturated carbocycles. The molecule has 0 aromatic heterocycles. The van der Waals surface area contributed by atoms with Gasteiger partial charge in [-0.15, -0.1) is 16.4 Å². The van der Waals surface area contributed by atoms with Gasteiger partial charge in [-0.3, -0.25) is 0 Å². The Bertz CT molecular complexity index is 691. The van der Waals surface area contributed by atoms with E-state index < -0.39 is 0 Å². The van der Waals surface area contributed by atoms with Crippen molar-refractivity contribution >= 4 is 93.2 Å². The van der Waals surface area contributed by atoms with Gasteiger partial charge in [-0.2, -0.15) is 0 Å². The van der Waals surface area contributed by atoms with Gasteiger partial charge in [0, 0.05) is 0 Å². The lowest BCUT2D eigenvalue weighted by atomic mass is 9.57. The van der Waals surface area contributed by atoms with Crippen LogP contribution >= 0.6 is 0 Å². The minimum Gasteiger partial charge on any atom is -0.112 e. The quantitative estimate of drug-likeness (QED) is 0.389. The van der Waals surface area contributed by atoms with E-state index in [9.17, 15) is 0 Å². The van der Waals surface area contributed by atoms with Crippen LogP contribution in [0.3, 0.4) is 0 Å². The first-order valence-electron chi connectivity index (χ1n) is 6.18. The second-order valence-electron chi connectivity index (χ2n) is 4.64. The Morgan fingerprint density at radius 3 is 1.48 bits per heavy atom. The van der Waals surface area contributed by atoms with Crippen LogP contribution in [0.1, 0.15) is 11.1 Å². The molecule has 0 fully saturated rings. The number of benzene rings is 2. The summed E-state index contributed by atoms with van der Waals surface area (Å²) in [7, 11) is 41.5. The highest BCUT2D eigenvalue weighted by Crippen LogP contribution is 2.18. The second-order valence-corrected chi connectivity index (χ2v) is 4.64. The van der Waals surface area contributed by atoms with Crippen LogP contribution in [0.15, 0.2) is 30.3 Å². The van der Waals surface area contributed by atoms with Crippen molar-refractivity contribution in [2.45, 2.75) is 0 Å². The summed E-state index contributed by atoms with van der Waals surface area (Å²) in [6, 6.07) is 9.19. The first-order valence-corrected chi connectivity index (χ1v) is 6.18. The van der Waals surface area contributed by atoms with Gasteiger partial charge in [-0.1, -0.05) is 52.2 Å². The predicted octanol–water partition coefficient (Wildman–Crippen LogP) is -3.18. The van der Waals surface area contributed by atoms with E-state index in [1.165, 1.54) is 0 Å². The van der Waals surface area contributed by atoms with E-state index in [1.54, 1.807) is 0 Å². The molecular weight excluding hydrogens is 244 g/mol. The Labute approximate surface area is 135 Å². The zero-order valence-corrected chi connectivity index (χ0v) is 11.4. The molecule has 21 heavy (non-hydrogen) atoms. The summed E-state index contributed by atoms with van der Waals surface area (Å²) >= 11 is 0. The lowest BCUT2D eigenvalue weighted by Gasteiger charge is -2.23. The summed E-state index contributed by atoms with van der Waals surface area (Å²) in [5.74, 6) is 0. The smallest absolute Gasteiger partial charge is 0.112 e. The highest BCUT2D eigenvalue weighted by Gasteiger charge is 2.12. The van der Waals surface area contributed by atoms with Gasteiger partial charge in [0.2, 0.25) is 0 Å². The molecule has 0 heterocycles. The fraction of sp³-hybridized carbons (Fsp3) is 0. The maximum atomic E-state index is 6.10. The van der Waals surface area contributed by atoms with E-state index in [-0.39, 0.29) is 32.8 Å². The Morgan fingerprint density at radius 1 is 0.571 bits per heavy atom. The van der Waals surface area contributed by atoms with Crippen LogP contribution in [0, 0.1) is 0 Å². The van der Waals surface area contributed by atoms with E-state index in [4.69, 9.17) is 54.9 Å². The number of hydrogen-bond donors (Lipinski definition) is 0. The number of rotatable bonds is 2. The normalized spacial score (nSPS) is 12.0. The summed E-state index contributed by atoms with van der Waals surface area (Å²) in [5.41, 5.74) is 2.32. The third-order valence-corrected chi connectivity index (χ3v) is 3.34. The molecule has 2 aromatic carbocycles. The van der Waals surface area contributed by atoms with E-state index >= 15 is 0 Å². The summed E-state index contributed by atoms with van der Waals surface area (Å²) in [5, 5.41) is 0. The van der Waals surface area contributed by atoms with Crippen molar-refractivity contribution in [3.05, 3.63) is 41.5 Å². The van der Waals surface area contributed by atoms with Crippen LogP contribution in [0.4, 0.5) is 0 Å². The van der Waals surface area contributed by atoms with Crippen molar-refractivity contribution in [1.82, 2.24) is 0 Å². The fourth-order valence-corrected chi connectivity index (χ4v) is 2.05. The second kappa shape index (κ2) is 6.17. The van der Waals surface area contributed by atoms with Gasteiger partial charge in [-0.25, -0.2) is 0 Å². The lowest BCUT2D eigenvalue weighted by molar-refractivity contribution is 1.65. The van der Waals surface area contributed by atoms with Crippen molar-refractivity contribution < 1.29 is 0 Å². The van der Waals surface area contributed by atoms with Gasteiger partial charge in [0.05, 0.1) is 0 Å². The lowest BCUT2D eigenvalue weighted by Crippen LogP contribution is -2.56. The van der Waals surface area contributed by atoms with Crippen molar-refractivity contribution in [2.24, 2.45) is 0 Å². The summed E-state index contributed by atoms with van der Waals surface area (Å²) in [4.78, 5) is 0. The Kier molecular flexibility index (Phi) is 4.71. The van der Waals surface area contributed by atoms with E-state index in [2.05, 4.69) is 0 Å². The highest BCUT2D eigenvalue weighted by molar-refractivity contribution is 6.70. The maximum absolute atomic E-state index is 6.10. The van der Waals surface area contributed by atoms with Crippen LogP contribution in [0.2, 0.25) is 0 Å². The summed E-state index contributed by atoms with van der Waals surface area (Å²) in [6.45, 7) is 0. The Morgan fingerprint density at radius 2 is 1.00 bits per heavy atom. The van der Waals surface area contributed by atoms with E-state index in [1.807, 2.05) is 30.3 Å². The average molecular weight is 249 g/mol. The molecule has 0 atom stereocenters. The zero-order valence-electron chi connectivity index (χ0n) is 11.4. The molecule has 7 heteroatoms. The van der Waals surface area contributed by atoms with Gasteiger partial charge >= 0.3 is 0 Å². The zero-order chi connectivity index (χ0) is 15.7. The molecule has 0 bridgehead atoms. The van der Waals surface area contributed by atoms with Crippen molar-refractivity contribution in [3.8, 4) is 0 Å². The highest BCUT2D eigenvalue weighted by atomic mass is 14.1. The first kappa shape index (κ1) is 16.0. The average Bonchev–Trinajstić information content (AvgIpc) is 2.51. The Hall–Kier alpha value is -1.37. The molecule has 0 nitrogen and oxygen atoms in total. The van der Waals surface area contributed by atoms with Crippen molar-refractivity contribution in [3.63, 3.8) is 0 Å². The van der Waals surface area contributed by atoms with E-state index in [0.29, 0.717) is 11.0 Å². The fourth-order valence-electron chi connectivity index (χ4n) is 2.05. The van der Waals surface area contributed by atoms with Crippen molar-refractivity contribution in [1.29, 1.82) is 0 Å². The molecule has 0 saturated heterocycles. The third kappa shape index (κ3) is 2.84. The molecule has 0 aliphatic rings. The van der Waals surface area contributed by atoms with Crippen LogP contribution in [-0.4, -0.2) is 54.9 Å². The van der Waals surface area contributed by atoms with Gasteiger partial charge in [0.15, 0.2) is 0 Å². The molecule has 0 unspecified atom stereocenters. The molecular formula is C14H5B7. The SMILES string of the molecule is [B]/C(=C(\[B])c1c([B])c([B])c([B])c([B])c1[B])c1ccccc1. The van der Waals surface area contributed by atoms with E-state index in [0.717, 1.165) is 5.56 Å². The molecule has 0 amide bonds. The van der Waals surface area contributed by atoms with Crippen LogP contribution in [0.5, 0.6) is 0 Å². The molecule has 2 aromatic rings. The van der Waals surface area contributed by atoms with Gasteiger partial charge in [-0.05, 0) is 11.1 Å². The topological polar surface area (TPSA) is 0 Å². The minimum absolute atomic E-state index is 0.139. The standard InChI is InChI=1S/C14H5B7/c15-8(6-4-2-1-3-5-6)9(16)7-10(17)12(19)14(21)13(20)11(7)18/h1-5H/b9-8-.